The molecule has 1 heterocycles. The molecule has 1 aliphatic heterocycles. The average Bonchev–Trinajstić information content (AvgIpc) is 3.18. The standard InChI is InChI=1S/C28H32N2O6/c1-4-36-28(34)23-17(2)10-15-21-24(23)27(33)30(22(16-31)18-8-6-5-7-9-18)25(21)26(32)29-19-11-13-20(35-3)14-12-19/h5-15,17,21-25,31H,4,16H2,1-3H3,(H,29,32)/t17-,21+,22-,23-,24+,25+/m1/s1. The molecule has 8 heteroatoms. The van der Waals surface area contributed by atoms with Crippen LogP contribution in [0.4, 0.5) is 5.69 Å². The molecule has 0 unspecified atom stereocenters. The highest BCUT2D eigenvalue weighted by atomic mass is 16.5. The fraction of sp³-hybridized carbons (Fsp3) is 0.393. The van der Waals surface area contributed by atoms with Gasteiger partial charge in [-0.15, -0.1) is 0 Å². The molecule has 0 spiro atoms. The number of nitrogens with one attached hydrogen (secondary N) is 1. The third-order valence-corrected chi connectivity index (χ3v) is 7.09. The summed E-state index contributed by atoms with van der Waals surface area (Å²) >= 11 is 0. The van der Waals surface area contributed by atoms with E-state index in [0.29, 0.717) is 17.0 Å². The van der Waals surface area contributed by atoms with E-state index in [1.165, 1.54) is 4.90 Å². The Balaban J connectivity index is 1.75. The molecule has 0 bridgehead atoms. The summed E-state index contributed by atoms with van der Waals surface area (Å²) in [4.78, 5) is 42.2. The van der Waals surface area contributed by atoms with Gasteiger partial charge in [-0.2, -0.15) is 0 Å². The second kappa shape index (κ2) is 11.0. The van der Waals surface area contributed by atoms with E-state index in [9.17, 15) is 19.5 Å². The van der Waals surface area contributed by atoms with Gasteiger partial charge >= 0.3 is 5.97 Å². The first-order valence-corrected chi connectivity index (χ1v) is 12.2. The predicted molar refractivity (Wildman–Crippen MR) is 134 cm³/mol. The lowest BCUT2D eigenvalue weighted by Gasteiger charge is -2.33. The second-order valence-electron chi connectivity index (χ2n) is 9.14. The normalized spacial score (nSPS) is 25.7. The molecule has 1 saturated heterocycles. The second-order valence-corrected chi connectivity index (χ2v) is 9.14. The lowest BCUT2D eigenvalue weighted by Crippen LogP contribution is -2.46. The first-order chi connectivity index (χ1) is 17.4. The van der Waals surface area contributed by atoms with Crippen LogP contribution in [0.5, 0.6) is 5.75 Å². The van der Waals surface area contributed by atoms with Gasteiger partial charge in [0, 0.05) is 11.6 Å². The predicted octanol–water partition coefficient (Wildman–Crippen LogP) is 3.20. The number of carbonyl (C=O) groups excluding carboxylic acids is 3. The molecule has 2 N–H and O–H groups in total. The molecule has 2 aromatic rings. The zero-order valence-corrected chi connectivity index (χ0v) is 20.7. The monoisotopic (exact) mass is 492 g/mol. The number of aliphatic hydroxyl groups excluding tert-OH is 1. The number of fused-ring (bicyclic) bond motifs is 1. The smallest absolute Gasteiger partial charge is 0.310 e. The van der Waals surface area contributed by atoms with Gasteiger partial charge in [0.25, 0.3) is 0 Å². The molecule has 6 atom stereocenters. The Morgan fingerprint density at radius 2 is 1.78 bits per heavy atom. The van der Waals surface area contributed by atoms with Gasteiger partial charge in [-0.05, 0) is 42.7 Å². The zero-order chi connectivity index (χ0) is 25.8. The fourth-order valence-corrected chi connectivity index (χ4v) is 5.39. The summed E-state index contributed by atoms with van der Waals surface area (Å²) in [6.45, 7) is 3.43. The molecule has 0 saturated carbocycles. The number of methoxy groups -OCH3 is 1. The number of anilines is 1. The van der Waals surface area contributed by atoms with Gasteiger partial charge in [0.15, 0.2) is 0 Å². The molecule has 2 aliphatic rings. The number of esters is 1. The number of allylic oxidation sites excluding steroid dienone is 1. The van der Waals surface area contributed by atoms with Gasteiger partial charge in [-0.3, -0.25) is 14.4 Å². The van der Waals surface area contributed by atoms with E-state index in [2.05, 4.69) is 5.32 Å². The highest BCUT2D eigenvalue weighted by Crippen LogP contribution is 2.47. The van der Waals surface area contributed by atoms with Crippen LogP contribution in [-0.2, 0) is 19.1 Å². The number of amides is 2. The first-order valence-electron chi connectivity index (χ1n) is 12.2. The van der Waals surface area contributed by atoms with Gasteiger partial charge in [-0.25, -0.2) is 0 Å². The molecule has 0 aromatic heterocycles. The zero-order valence-electron chi connectivity index (χ0n) is 20.7. The maximum atomic E-state index is 14.0. The number of benzene rings is 2. The molecule has 36 heavy (non-hydrogen) atoms. The minimum atomic E-state index is -0.928. The van der Waals surface area contributed by atoms with Gasteiger partial charge in [0.05, 0.1) is 38.2 Å². The van der Waals surface area contributed by atoms with Crippen molar-refractivity contribution in [3.63, 3.8) is 0 Å². The Kier molecular flexibility index (Phi) is 7.74. The Labute approximate surface area is 210 Å². The molecule has 8 nitrogen and oxygen atoms in total. The van der Waals surface area contributed by atoms with Crippen LogP contribution in [0.3, 0.4) is 0 Å². The molecular weight excluding hydrogens is 460 g/mol. The number of nitrogens with zero attached hydrogens (tertiary/aromatic N) is 1. The number of likely N-dealkylation sites (tertiary alicyclic amines) is 1. The van der Waals surface area contributed by atoms with E-state index >= 15 is 0 Å². The largest absolute Gasteiger partial charge is 0.497 e. The van der Waals surface area contributed by atoms with Crippen molar-refractivity contribution in [3.8, 4) is 5.75 Å². The Bertz CT molecular complexity index is 1120. The summed E-state index contributed by atoms with van der Waals surface area (Å²) in [6.07, 6.45) is 3.74. The number of hydrogen-bond acceptors (Lipinski definition) is 6. The van der Waals surface area contributed by atoms with E-state index in [-0.39, 0.29) is 25.0 Å². The van der Waals surface area contributed by atoms with Crippen molar-refractivity contribution in [3.05, 3.63) is 72.3 Å². The summed E-state index contributed by atoms with van der Waals surface area (Å²) in [5.74, 6) is -2.81. The van der Waals surface area contributed by atoms with Crippen LogP contribution >= 0.6 is 0 Å². The lowest BCUT2D eigenvalue weighted by atomic mass is 9.70. The number of hydrogen-bond donors (Lipinski definition) is 2. The van der Waals surface area contributed by atoms with Crippen molar-refractivity contribution in [2.24, 2.45) is 23.7 Å². The van der Waals surface area contributed by atoms with E-state index in [0.717, 1.165) is 0 Å². The Morgan fingerprint density at radius 1 is 1.08 bits per heavy atom. The maximum Gasteiger partial charge on any atom is 0.310 e. The molecule has 1 fully saturated rings. The van der Waals surface area contributed by atoms with Crippen LogP contribution < -0.4 is 10.1 Å². The third kappa shape index (κ3) is 4.73. The van der Waals surface area contributed by atoms with E-state index < -0.39 is 41.7 Å². The van der Waals surface area contributed by atoms with Crippen molar-refractivity contribution in [2.45, 2.75) is 25.9 Å². The Hall–Kier alpha value is -3.65. The molecule has 2 amide bonds. The van der Waals surface area contributed by atoms with Crippen molar-refractivity contribution in [1.29, 1.82) is 0 Å². The molecule has 4 rings (SSSR count). The van der Waals surface area contributed by atoms with E-state index in [1.54, 1.807) is 38.3 Å². The summed E-state index contributed by atoms with van der Waals surface area (Å²) in [6, 6.07) is 14.3. The Morgan fingerprint density at radius 3 is 2.39 bits per heavy atom. The van der Waals surface area contributed by atoms with Crippen molar-refractivity contribution in [2.75, 3.05) is 25.6 Å². The summed E-state index contributed by atoms with van der Waals surface area (Å²) in [7, 11) is 1.56. The first kappa shape index (κ1) is 25.4. The van der Waals surface area contributed by atoms with Crippen LogP contribution in [0.25, 0.3) is 0 Å². The fourth-order valence-electron chi connectivity index (χ4n) is 5.39. The molecule has 190 valence electrons. The van der Waals surface area contributed by atoms with E-state index in [4.69, 9.17) is 9.47 Å². The van der Waals surface area contributed by atoms with Crippen LogP contribution in [0.15, 0.2) is 66.7 Å². The van der Waals surface area contributed by atoms with Crippen LogP contribution in [0.2, 0.25) is 0 Å². The van der Waals surface area contributed by atoms with Gasteiger partial charge in [-0.1, -0.05) is 49.4 Å². The van der Waals surface area contributed by atoms with E-state index in [1.807, 2.05) is 49.4 Å². The van der Waals surface area contributed by atoms with Gasteiger partial charge in [0.1, 0.15) is 11.8 Å². The van der Waals surface area contributed by atoms with Gasteiger partial charge < -0.3 is 24.8 Å². The van der Waals surface area contributed by atoms with Crippen LogP contribution in [0.1, 0.15) is 25.5 Å². The minimum absolute atomic E-state index is 0.200. The minimum Gasteiger partial charge on any atom is -0.497 e. The highest BCUT2D eigenvalue weighted by Gasteiger charge is 2.58. The summed E-state index contributed by atoms with van der Waals surface area (Å²) in [5, 5.41) is 13.3. The molecular formula is C28H32N2O6. The van der Waals surface area contributed by atoms with Crippen LogP contribution in [0, 0.1) is 23.7 Å². The van der Waals surface area contributed by atoms with Crippen LogP contribution in [-0.4, -0.2) is 54.2 Å². The molecule has 2 aromatic carbocycles. The average molecular weight is 493 g/mol. The number of ether oxygens (including phenoxy) is 2. The molecule has 1 aliphatic carbocycles. The number of rotatable bonds is 8. The number of aliphatic hydroxyl groups is 1. The third-order valence-electron chi connectivity index (χ3n) is 7.09. The number of carbonyl (C=O) groups is 3. The van der Waals surface area contributed by atoms with Crippen molar-refractivity contribution in [1.82, 2.24) is 4.90 Å². The lowest BCUT2D eigenvalue weighted by molar-refractivity contribution is -0.155. The van der Waals surface area contributed by atoms with Crippen molar-refractivity contribution < 1.29 is 29.0 Å². The highest BCUT2D eigenvalue weighted by molar-refractivity contribution is 6.01. The SMILES string of the molecule is CCOC(=O)[C@H]1[C@H]2C(=O)N([C@H](CO)c3ccccc3)[C@H](C(=O)Nc3ccc(OC)cc3)[C@H]2C=C[C@H]1C. The molecule has 0 radical (unpaired) electrons. The maximum absolute atomic E-state index is 14.0. The quantitative estimate of drug-likeness (QED) is 0.433. The topological polar surface area (TPSA) is 105 Å². The summed E-state index contributed by atoms with van der Waals surface area (Å²) in [5.41, 5.74) is 1.26. The summed E-state index contributed by atoms with van der Waals surface area (Å²) < 4.78 is 10.5. The van der Waals surface area contributed by atoms with Gasteiger partial charge in [0.2, 0.25) is 11.8 Å². The van der Waals surface area contributed by atoms with Crippen molar-refractivity contribution >= 4 is 23.5 Å².